The van der Waals surface area contributed by atoms with Crippen molar-refractivity contribution in [2.45, 2.75) is 51.5 Å². The molecule has 2 N–H and O–H groups in total. The van der Waals surface area contributed by atoms with E-state index in [9.17, 15) is 9.59 Å². The normalized spacial score (nSPS) is 19.3. The van der Waals surface area contributed by atoms with Crippen LogP contribution in [-0.4, -0.2) is 41.5 Å². The predicted molar refractivity (Wildman–Crippen MR) is 131 cm³/mol. The summed E-state index contributed by atoms with van der Waals surface area (Å²) in [6, 6.07) is 16.0. The van der Waals surface area contributed by atoms with Gasteiger partial charge in [0.15, 0.2) is 5.54 Å². The number of aromatic amines is 1. The molecule has 2 aromatic carbocycles. The van der Waals surface area contributed by atoms with Crippen LogP contribution in [0.25, 0.3) is 10.9 Å². The molecule has 0 fully saturated rings. The first-order valence-corrected chi connectivity index (χ1v) is 12.2. The maximum Gasteiger partial charge on any atom is 0.318 e. The lowest BCUT2D eigenvalue weighted by Gasteiger charge is -2.43. The Morgan fingerprint density at radius 1 is 1.06 bits per heavy atom. The summed E-state index contributed by atoms with van der Waals surface area (Å²) in [7, 11) is 0. The second-order valence-electron chi connectivity index (χ2n) is 9.05. The number of rotatable bonds is 6. The molecule has 2 aliphatic rings. The number of amides is 3. The second kappa shape index (κ2) is 8.58. The van der Waals surface area contributed by atoms with Crippen molar-refractivity contribution in [1.29, 1.82) is 0 Å². The molecule has 0 radical (unpaired) electrons. The van der Waals surface area contributed by atoms with Crippen LogP contribution >= 0.6 is 0 Å². The van der Waals surface area contributed by atoms with Gasteiger partial charge in [0.2, 0.25) is 0 Å². The van der Waals surface area contributed by atoms with Crippen LogP contribution in [0.15, 0.2) is 48.5 Å². The molecule has 3 amide bonds. The highest BCUT2D eigenvalue weighted by Gasteiger charge is 2.60. The summed E-state index contributed by atoms with van der Waals surface area (Å²) in [6.45, 7) is 5.94. The Morgan fingerprint density at radius 3 is 2.67 bits per heavy atom. The van der Waals surface area contributed by atoms with Gasteiger partial charge < -0.3 is 20.1 Å². The lowest BCUT2D eigenvalue weighted by atomic mass is 9.80. The van der Waals surface area contributed by atoms with E-state index in [4.69, 9.17) is 0 Å². The molecule has 6 heteroatoms. The van der Waals surface area contributed by atoms with Gasteiger partial charge in [0.05, 0.1) is 11.4 Å². The lowest BCUT2D eigenvalue weighted by Crippen LogP contribution is -2.61. The zero-order chi connectivity index (χ0) is 23.0. The van der Waals surface area contributed by atoms with Crippen molar-refractivity contribution in [3.8, 4) is 0 Å². The van der Waals surface area contributed by atoms with Gasteiger partial charge >= 0.3 is 6.03 Å². The monoisotopic (exact) mass is 444 g/mol. The van der Waals surface area contributed by atoms with Crippen LogP contribution in [0.1, 0.15) is 56.4 Å². The number of anilines is 1. The highest BCUT2D eigenvalue weighted by atomic mass is 16.2. The van der Waals surface area contributed by atoms with Crippen LogP contribution in [0.2, 0.25) is 0 Å². The number of hydrogen-bond acceptors (Lipinski definition) is 2. The highest BCUT2D eigenvalue weighted by molar-refractivity contribution is 6.12. The Balaban J connectivity index is 1.73. The Hall–Kier alpha value is -3.28. The van der Waals surface area contributed by atoms with E-state index in [0.29, 0.717) is 26.1 Å². The van der Waals surface area contributed by atoms with Gasteiger partial charge in [-0.3, -0.25) is 4.79 Å². The highest BCUT2D eigenvalue weighted by Crippen LogP contribution is 2.52. The van der Waals surface area contributed by atoms with E-state index >= 15 is 0 Å². The van der Waals surface area contributed by atoms with Gasteiger partial charge in [-0.1, -0.05) is 63.1 Å². The van der Waals surface area contributed by atoms with Crippen LogP contribution in [0, 0.1) is 0 Å². The zero-order valence-corrected chi connectivity index (χ0v) is 19.5. The summed E-state index contributed by atoms with van der Waals surface area (Å²) >= 11 is 0. The predicted octanol–water partition coefficient (Wildman–Crippen LogP) is 4.93. The first-order chi connectivity index (χ1) is 16.1. The Labute approximate surface area is 195 Å². The van der Waals surface area contributed by atoms with Crippen LogP contribution in [0.5, 0.6) is 0 Å². The Kier molecular flexibility index (Phi) is 5.60. The molecule has 33 heavy (non-hydrogen) atoms. The van der Waals surface area contributed by atoms with Crippen molar-refractivity contribution < 1.29 is 9.59 Å². The van der Waals surface area contributed by atoms with E-state index in [-0.39, 0.29) is 11.9 Å². The fourth-order valence-corrected chi connectivity index (χ4v) is 5.56. The largest absolute Gasteiger partial charge is 0.355 e. The number of H-pyrrole nitrogens is 1. The third-order valence-corrected chi connectivity index (χ3v) is 7.06. The summed E-state index contributed by atoms with van der Waals surface area (Å²) in [5.41, 5.74) is 3.63. The molecule has 0 aliphatic carbocycles. The van der Waals surface area contributed by atoms with Gasteiger partial charge in [0.25, 0.3) is 5.91 Å². The number of fused-ring (bicyclic) bond motifs is 6. The molecule has 0 unspecified atom stereocenters. The van der Waals surface area contributed by atoms with Crippen LogP contribution in [-0.2, 0) is 16.8 Å². The number of nitrogens with one attached hydrogen (secondary N) is 2. The minimum atomic E-state index is -1.17. The minimum absolute atomic E-state index is 0.0287. The molecule has 3 heterocycles. The summed E-state index contributed by atoms with van der Waals surface area (Å²) in [5.74, 6) is -0.0287. The molecule has 6 nitrogen and oxygen atoms in total. The van der Waals surface area contributed by atoms with Crippen LogP contribution in [0.4, 0.5) is 10.5 Å². The van der Waals surface area contributed by atoms with E-state index in [2.05, 4.69) is 23.3 Å². The summed E-state index contributed by atoms with van der Waals surface area (Å²) in [6.07, 6.45) is 4.65. The van der Waals surface area contributed by atoms with Gasteiger partial charge in [0, 0.05) is 36.1 Å². The summed E-state index contributed by atoms with van der Waals surface area (Å²) in [4.78, 5) is 35.2. The number of aromatic nitrogens is 1. The molecular formula is C27H32N4O2. The van der Waals surface area contributed by atoms with Gasteiger partial charge in [0.1, 0.15) is 0 Å². The average Bonchev–Trinajstić information content (AvgIpc) is 3.33. The molecular weight excluding hydrogens is 412 g/mol. The number of benzene rings is 2. The minimum Gasteiger partial charge on any atom is -0.355 e. The smallest absolute Gasteiger partial charge is 0.318 e. The first-order valence-electron chi connectivity index (χ1n) is 12.2. The number of unbranched alkanes of at least 4 members (excludes halogenated alkanes) is 2. The Morgan fingerprint density at radius 2 is 1.85 bits per heavy atom. The molecule has 2 aliphatic heterocycles. The third kappa shape index (κ3) is 3.15. The number of hydrogen-bond donors (Lipinski definition) is 2. The second-order valence-corrected chi connectivity index (χ2v) is 9.05. The fraction of sp³-hybridized carbons (Fsp3) is 0.407. The Bertz CT molecular complexity index is 1200. The topological polar surface area (TPSA) is 68.4 Å². The SMILES string of the molecule is CCCCCN1C(=O)[C@]2(c3ccccc31)c1[nH]c3ccccc3c1CCN2C(=O)NCCC. The molecule has 1 spiro atoms. The van der Waals surface area contributed by atoms with Crippen LogP contribution < -0.4 is 10.2 Å². The maximum atomic E-state index is 14.4. The van der Waals surface area contributed by atoms with Crippen molar-refractivity contribution >= 4 is 28.5 Å². The summed E-state index contributed by atoms with van der Waals surface area (Å²) in [5, 5.41) is 4.17. The number of urea groups is 1. The first kappa shape index (κ1) is 21.6. The van der Waals surface area contributed by atoms with Crippen LogP contribution in [0.3, 0.4) is 0 Å². The zero-order valence-electron chi connectivity index (χ0n) is 19.5. The van der Waals surface area contributed by atoms with Crippen molar-refractivity contribution in [3.05, 3.63) is 65.4 Å². The van der Waals surface area contributed by atoms with Crippen molar-refractivity contribution in [2.75, 3.05) is 24.5 Å². The van der Waals surface area contributed by atoms with E-state index in [1.165, 1.54) is 0 Å². The number of carbonyl (C=O) groups is 2. The number of para-hydroxylation sites is 2. The van der Waals surface area contributed by atoms with Crippen molar-refractivity contribution in [1.82, 2.24) is 15.2 Å². The van der Waals surface area contributed by atoms with Gasteiger partial charge in [-0.05, 0) is 37.0 Å². The maximum absolute atomic E-state index is 14.4. The van der Waals surface area contributed by atoms with Gasteiger partial charge in [-0.2, -0.15) is 0 Å². The quantitative estimate of drug-likeness (QED) is 0.530. The molecule has 0 bridgehead atoms. The lowest BCUT2D eigenvalue weighted by molar-refractivity contribution is -0.126. The number of nitrogens with zero attached hydrogens (tertiary/aromatic N) is 2. The standard InChI is InChI=1S/C27H32N4O2/c1-3-5-10-17-30-23-14-9-7-12-21(23)27(25(30)32)24-20(19-11-6-8-13-22(19)29-24)15-18-31(27)26(33)28-16-4-2/h6-9,11-14,29H,3-5,10,15-18H2,1-2H3,(H,28,33)/t27-/m0/s1. The van der Waals surface area contributed by atoms with E-state index in [0.717, 1.165) is 59.1 Å². The molecule has 0 saturated carbocycles. The van der Waals surface area contributed by atoms with E-state index in [1.807, 2.05) is 54.3 Å². The summed E-state index contributed by atoms with van der Waals surface area (Å²) < 4.78 is 0. The fourth-order valence-electron chi connectivity index (χ4n) is 5.56. The molecule has 0 saturated heterocycles. The average molecular weight is 445 g/mol. The molecule has 172 valence electrons. The number of carbonyl (C=O) groups excluding carboxylic acids is 2. The third-order valence-electron chi connectivity index (χ3n) is 7.06. The molecule has 5 rings (SSSR count). The van der Waals surface area contributed by atoms with Crippen molar-refractivity contribution in [2.24, 2.45) is 0 Å². The molecule has 1 atom stereocenters. The molecule has 1 aromatic heterocycles. The van der Waals surface area contributed by atoms with E-state index < -0.39 is 5.54 Å². The molecule has 3 aromatic rings. The van der Waals surface area contributed by atoms with Gasteiger partial charge in [-0.15, -0.1) is 0 Å². The van der Waals surface area contributed by atoms with E-state index in [1.54, 1.807) is 4.90 Å². The van der Waals surface area contributed by atoms with Gasteiger partial charge in [-0.25, -0.2) is 4.79 Å². The van der Waals surface area contributed by atoms with Crippen molar-refractivity contribution in [3.63, 3.8) is 0 Å².